The van der Waals surface area contributed by atoms with Gasteiger partial charge in [0.25, 0.3) is 5.91 Å². The lowest BCUT2D eigenvalue weighted by molar-refractivity contribution is -0.127. The average Bonchev–Trinajstić information content (AvgIpc) is 2.93. The quantitative estimate of drug-likeness (QED) is 0.185. The second kappa shape index (κ2) is 13.1. The highest BCUT2D eigenvalue weighted by molar-refractivity contribution is 6.30. The highest BCUT2D eigenvalue weighted by Crippen LogP contribution is 2.20. The topological polar surface area (TPSA) is 69.2 Å². The van der Waals surface area contributed by atoms with Gasteiger partial charge in [-0.2, -0.15) is 5.10 Å². The van der Waals surface area contributed by atoms with Gasteiger partial charge in [-0.15, -0.1) is 0 Å². The maximum atomic E-state index is 12.4. The first kappa shape index (κ1) is 25.8. The van der Waals surface area contributed by atoms with E-state index >= 15 is 0 Å². The first-order chi connectivity index (χ1) is 18.0. The average molecular weight is 515 g/mol. The number of carbonyl (C=O) groups excluding carboxylic acids is 1. The van der Waals surface area contributed by atoms with E-state index in [0.29, 0.717) is 29.7 Å². The number of ether oxygens (including phenoxy) is 3. The maximum absolute atomic E-state index is 12.4. The van der Waals surface area contributed by atoms with Gasteiger partial charge in [-0.25, -0.2) is 5.43 Å². The lowest BCUT2D eigenvalue weighted by Crippen LogP contribution is -2.33. The van der Waals surface area contributed by atoms with Crippen LogP contribution in [0.1, 0.15) is 23.6 Å². The van der Waals surface area contributed by atoms with E-state index in [-0.39, 0.29) is 5.91 Å². The summed E-state index contributed by atoms with van der Waals surface area (Å²) in [5.41, 5.74) is 5.40. The zero-order valence-electron chi connectivity index (χ0n) is 20.3. The maximum Gasteiger partial charge on any atom is 0.280 e. The minimum Gasteiger partial charge on any atom is -0.489 e. The van der Waals surface area contributed by atoms with Crippen molar-refractivity contribution in [3.8, 4) is 17.2 Å². The van der Waals surface area contributed by atoms with E-state index < -0.39 is 6.10 Å². The molecule has 4 aromatic rings. The number of nitrogens with zero attached hydrogens (tertiary/aromatic N) is 1. The van der Waals surface area contributed by atoms with E-state index in [1.807, 2.05) is 91.0 Å². The summed E-state index contributed by atoms with van der Waals surface area (Å²) >= 11 is 5.92. The van der Waals surface area contributed by atoms with Crippen molar-refractivity contribution in [1.82, 2.24) is 5.43 Å². The van der Waals surface area contributed by atoms with Crippen LogP contribution in [-0.2, 0) is 18.0 Å². The molecule has 4 rings (SSSR count). The molecule has 1 amide bonds. The first-order valence-electron chi connectivity index (χ1n) is 11.8. The van der Waals surface area contributed by atoms with E-state index in [1.54, 1.807) is 25.3 Å². The summed E-state index contributed by atoms with van der Waals surface area (Å²) in [6, 6.07) is 32.0. The van der Waals surface area contributed by atoms with Gasteiger partial charge in [0, 0.05) is 5.02 Å². The van der Waals surface area contributed by atoms with Crippen molar-refractivity contribution >= 4 is 23.7 Å². The number of benzene rings is 4. The Labute approximate surface area is 221 Å². The van der Waals surface area contributed by atoms with Crippen molar-refractivity contribution in [2.24, 2.45) is 5.10 Å². The van der Waals surface area contributed by atoms with Gasteiger partial charge in [-0.05, 0) is 72.1 Å². The summed E-state index contributed by atoms with van der Waals surface area (Å²) in [5.74, 6) is 1.61. The molecule has 1 N–H and O–H groups in total. The summed E-state index contributed by atoms with van der Waals surface area (Å²) < 4.78 is 17.3. The van der Waals surface area contributed by atoms with Gasteiger partial charge < -0.3 is 14.2 Å². The molecule has 6 nitrogen and oxygen atoms in total. The highest BCUT2D eigenvalue weighted by Gasteiger charge is 2.14. The van der Waals surface area contributed by atoms with Crippen LogP contribution in [0.2, 0.25) is 5.02 Å². The summed E-state index contributed by atoms with van der Waals surface area (Å²) in [5, 5.41) is 4.73. The Morgan fingerprint density at radius 3 is 2.19 bits per heavy atom. The standard InChI is InChI=1S/C30H27ClN2O4/c1-22(37-28-16-14-27(15-17-28)35-20-23-6-3-2-4-7-23)30(34)33-32-19-25-8-5-9-29(18-25)36-21-24-10-12-26(31)13-11-24/h2-19,22H,20-21H2,1H3,(H,33,34). The molecule has 0 bridgehead atoms. The Hall–Kier alpha value is -4.29. The van der Waals surface area contributed by atoms with Crippen LogP contribution < -0.4 is 19.6 Å². The number of halogens is 1. The van der Waals surface area contributed by atoms with Gasteiger partial charge in [0.15, 0.2) is 6.10 Å². The third-order valence-corrected chi connectivity index (χ3v) is 5.57. The van der Waals surface area contributed by atoms with Crippen molar-refractivity contribution in [2.45, 2.75) is 26.2 Å². The molecule has 4 aromatic carbocycles. The van der Waals surface area contributed by atoms with Crippen LogP contribution in [0.4, 0.5) is 0 Å². The summed E-state index contributed by atoms with van der Waals surface area (Å²) in [6.45, 7) is 2.56. The molecule has 0 saturated heterocycles. The molecular formula is C30H27ClN2O4. The molecule has 0 saturated carbocycles. The van der Waals surface area contributed by atoms with E-state index in [9.17, 15) is 4.79 Å². The van der Waals surface area contributed by atoms with Crippen molar-refractivity contribution in [3.05, 3.63) is 125 Å². The Kier molecular flexibility index (Phi) is 9.16. The Morgan fingerprint density at radius 1 is 0.811 bits per heavy atom. The summed E-state index contributed by atoms with van der Waals surface area (Å²) in [6.07, 6.45) is 0.820. The molecule has 0 heterocycles. The van der Waals surface area contributed by atoms with Crippen molar-refractivity contribution in [1.29, 1.82) is 0 Å². The number of rotatable bonds is 11. The molecule has 0 spiro atoms. The minimum absolute atomic E-state index is 0.365. The van der Waals surface area contributed by atoms with Crippen molar-refractivity contribution < 1.29 is 19.0 Å². The second-order valence-corrected chi connectivity index (χ2v) is 8.66. The van der Waals surface area contributed by atoms with Gasteiger partial charge in [-0.1, -0.05) is 66.2 Å². The number of hydrogen-bond acceptors (Lipinski definition) is 5. The molecule has 37 heavy (non-hydrogen) atoms. The fourth-order valence-electron chi connectivity index (χ4n) is 3.31. The van der Waals surface area contributed by atoms with Crippen LogP contribution >= 0.6 is 11.6 Å². The second-order valence-electron chi connectivity index (χ2n) is 8.23. The molecule has 0 radical (unpaired) electrons. The van der Waals surface area contributed by atoms with E-state index in [0.717, 1.165) is 22.4 Å². The van der Waals surface area contributed by atoms with E-state index in [2.05, 4.69) is 10.5 Å². The number of hydrazone groups is 1. The van der Waals surface area contributed by atoms with Crippen LogP contribution in [0.3, 0.4) is 0 Å². The largest absolute Gasteiger partial charge is 0.489 e. The normalized spacial score (nSPS) is 11.6. The Bertz CT molecular complexity index is 1310. The highest BCUT2D eigenvalue weighted by atomic mass is 35.5. The predicted octanol–water partition coefficient (Wildman–Crippen LogP) is 6.42. The molecule has 7 heteroatoms. The summed E-state index contributed by atoms with van der Waals surface area (Å²) in [4.78, 5) is 12.4. The fourth-order valence-corrected chi connectivity index (χ4v) is 3.43. The molecule has 1 unspecified atom stereocenters. The Morgan fingerprint density at radius 2 is 1.46 bits per heavy atom. The zero-order chi connectivity index (χ0) is 25.9. The first-order valence-corrected chi connectivity index (χ1v) is 12.2. The van der Waals surface area contributed by atoms with Gasteiger partial charge in [0.1, 0.15) is 30.5 Å². The predicted molar refractivity (Wildman–Crippen MR) is 145 cm³/mol. The monoisotopic (exact) mass is 514 g/mol. The number of amides is 1. The van der Waals surface area contributed by atoms with Crippen molar-refractivity contribution in [3.63, 3.8) is 0 Å². The van der Waals surface area contributed by atoms with Crippen LogP contribution in [0, 0.1) is 0 Å². The van der Waals surface area contributed by atoms with Crippen LogP contribution in [-0.4, -0.2) is 18.2 Å². The molecule has 0 aliphatic rings. The smallest absolute Gasteiger partial charge is 0.280 e. The van der Waals surface area contributed by atoms with Crippen molar-refractivity contribution in [2.75, 3.05) is 0 Å². The SMILES string of the molecule is CC(Oc1ccc(OCc2ccccc2)cc1)C(=O)NN=Cc1cccc(OCc2ccc(Cl)cc2)c1. The molecule has 1 atom stereocenters. The van der Waals surface area contributed by atoms with Gasteiger partial charge in [0.05, 0.1) is 6.21 Å². The Balaban J connectivity index is 1.22. The van der Waals surface area contributed by atoms with Gasteiger partial charge in [-0.3, -0.25) is 4.79 Å². The lowest BCUT2D eigenvalue weighted by Gasteiger charge is -2.13. The number of hydrogen-bond donors (Lipinski definition) is 1. The molecule has 0 aliphatic carbocycles. The molecular weight excluding hydrogens is 488 g/mol. The van der Waals surface area contributed by atoms with Gasteiger partial charge >= 0.3 is 0 Å². The van der Waals surface area contributed by atoms with Crippen LogP contribution in [0.15, 0.2) is 108 Å². The van der Waals surface area contributed by atoms with Crippen LogP contribution in [0.5, 0.6) is 17.2 Å². The number of nitrogens with one attached hydrogen (secondary N) is 1. The summed E-state index contributed by atoms with van der Waals surface area (Å²) in [7, 11) is 0. The van der Waals surface area contributed by atoms with Crippen LogP contribution in [0.25, 0.3) is 0 Å². The lowest BCUT2D eigenvalue weighted by atomic mass is 10.2. The molecule has 0 aromatic heterocycles. The van der Waals surface area contributed by atoms with Gasteiger partial charge in [0.2, 0.25) is 0 Å². The minimum atomic E-state index is -0.734. The van der Waals surface area contributed by atoms with E-state index in [4.69, 9.17) is 25.8 Å². The zero-order valence-corrected chi connectivity index (χ0v) is 21.1. The number of carbonyl (C=O) groups is 1. The fraction of sp³-hybridized carbons (Fsp3) is 0.133. The van der Waals surface area contributed by atoms with E-state index in [1.165, 1.54) is 0 Å². The molecule has 0 fully saturated rings. The molecule has 0 aliphatic heterocycles. The third kappa shape index (κ3) is 8.40. The molecule has 188 valence electrons. The third-order valence-electron chi connectivity index (χ3n) is 5.32.